The summed E-state index contributed by atoms with van der Waals surface area (Å²) in [4.78, 5) is 39.7. The molecule has 6 atom stereocenters. The molecule has 1 aromatic carbocycles. The minimum absolute atomic E-state index is 0.00828. The third-order valence-electron chi connectivity index (χ3n) is 7.18. The van der Waals surface area contributed by atoms with Gasteiger partial charge in [-0.15, -0.1) is 0 Å². The largest absolute Gasteiger partial charge is 0.471 e. The number of benzene rings is 1. The number of carbonyl (C=O) groups is 3. The fourth-order valence-corrected chi connectivity index (χ4v) is 5.63. The molecular formula is C22H21F3N2O3. The highest BCUT2D eigenvalue weighted by atomic mass is 19.4. The van der Waals surface area contributed by atoms with Crippen molar-refractivity contribution in [2.24, 2.45) is 35.5 Å². The number of likely N-dealkylation sites (tertiary alicyclic amines) is 1. The van der Waals surface area contributed by atoms with E-state index in [1.165, 1.54) is 12.1 Å². The highest BCUT2D eigenvalue weighted by molar-refractivity contribution is 6.07. The Kier molecular flexibility index (Phi) is 4.14. The zero-order chi connectivity index (χ0) is 21.4. The van der Waals surface area contributed by atoms with Crippen LogP contribution < -0.4 is 4.90 Å². The summed E-state index contributed by atoms with van der Waals surface area (Å²) in [5.74, 6) is -3.29. The summed E-state index contributed by atoms with van der Waals surface area (Å²) in [6, 6.07) is 6.11. The smallest absolute Gasteiger partial charge is 0.286 e. The SMILES string of the molecule is CCc1ccc(N(CN2C(=O)[C@H]3[C@@H]4C=C[C@@H]([C@H]5C[C@H]45)[C@@H]3C2=O)C(=O)C(F)(F)F)cc1. The number of allylic oxidation sites excluding steroid dienone is 2. The van der Waals surface area contributed by atoms with Crippen molar-refractivity contribution in [1.29, 1.82) is 0 Å². The van der Waals surface area contributed by atoms with Crippen molar-refractivity contribution in [3.8, 4) is 0 Å². The summed E-state index contributed by atoms with van der Waals surface area (Å²) in [5, 5.41) is 0. The van der Waals surface area contributed by atoms with Crippen LogP contribution in [0.15, 0.2) is 36.4 Å². The zero-order valence-corrected chi connectivity index (χ0v) is 16.3. The summed E-state index contributed by atoms with van der Waals surface area (Å²) in [6.07, 6.45) is 0.564. The van der Waals surface area contributed by atoms with Gasteiger partial charge in [-0.25, -0.2) is 0 Å². The van der Waals surface area contributed by atoms with Crippen molar-refractivity contribution < 1.29 is 27.6 Å². The maximum Gasteiger partial charge on any atom is 0.471 e. The van der Waals surface area contributed by atoms with Gasteiger partial charge in [0.2, 0.25) is 11.8 Å². The predicted molar refractivity (Wildman–Crippen MR) is 101 cm³/mol. The van der Waals surface area contributed by atoms with Gasteiger partial charge in [0.15, 0.2) is 0 Å². The second-order valence-corrected chi connectivity index (χ2v) is 8.65. The molecule has 0 unspecified atom stereocenters. The van der Waals surface area contributed by atoms with Gasteiger partial charge in [-0.1, -0.05) is 31.2 Å². The minimum atomic E-state index is -5.12. The van der Waals surface area contributed by atoms with Gasteiger partial charge in [-0.05, 0) is 54.2 Å². The van der Waals surface area contributed by atoms with Crippen molar-refractivity contribution in [3.05, 3.63) is 42.0 Å². The number of nitrogens with zero attached hydrogens (tertiary/aromatic N) is 2. The third kappa shape index (κ3) is 2.72. The molecule has 2 bridgehead atoms. The lowest BCUT2D eigenvalue weighted by molar-refractivity contribution is -0.171. The molecule has 2 saturated carbocycles. The van der Waals surface area contributed by atoms with Crippen molar-refractivity contribution >= 4 is 23.4 Å². The number of rotatable bonds is 4. The van der Waals surface area contributed by atoms with Crippen LogP contribution in [0, 0.1) is 35.5 Å². The summed E-state index contributed by atoms with van der Waals surface area (Å²) >= 11 is 0. The summed E-state index contributed by atoms with van der Waals surface area (Å²) < 4.78 is 39.9. The number of hydrogen-bond acceptors (Lipinski definition) is 3. The average molecular weight is 418 g/mol. The highest BCUT2D eigenvalue weighted by Crippen LogP contribution is 2.65. The molecule has 0 aromatic heterocycles. The number of hydrogen-bond donors (Lipinski definition) is 0. The molecule has 3 amide bonds. The zero-order valence-electron chi connectivity index (χ0n) is 16.3. The average Bonchev–Trinajstić information content (AvgIpc) is 3.51. The van der Waals surface area contributed by atoms with E-state index in [-0.39, 0.29) is 17.5 Å². The van der Waals surface area contributed by atoms with E-state index < -0.39 is 42.4 Å². The number of alkyl halides is 3. The molecular weight excluding hydrogens is 397 g/mol. The molecule has 1 saturated heterocycles. The number of halogens is 3. The molecule has 158 valence electrons. The summed E-state index contributed by atoms with van der Waals surface area (Å²) in [5.41, 5.74) is 0.910. The molecule has 5 nitrogen and oxygen atoms in total. The lowest BCUT2D eigenvalue weighted by Crippen LogP contribution is -2.49. The normalized spacial score (nSPS) is 33.5. The lowest BCUT2D eigenvalue weighted by atomic mass is 9.63. The van der Waals surface area contributed by atoms with Crippen LogP contribution in [-0.4, -0.2) is 35.5 Å². The molecule has 0 N–H and O–H groups in total. The van der Waals surface area contributed by atoms with Gasteiger partial charge in [0.05, 0.1) is 11.8 Å². The number of carbonyl (C=O) groups excluding carboxylic acids is 3. The van der Waals surface area contributed by atoms with Crippen LogP contribution in [-0.2, 0) is 20.8 Å². The minimum Gasteiger partial charge on any atom is -0.286 e. The lowest BCUT2D eigenvalue weighted by Gasteiger charge is -2.37. The second-order valence-electron chi connectivity index (χ2n) is 8.65. The van der Waals surface area contributed by atoms with Crippen LogP contribution in [0.25, 0.3) is 0 Å². The first-order valence-corrected chi connectivity index (χ1v) is 10.2. The maximum atomic E-state index is 13.3. The highest BCUT2D eigenvalue weighted by Gasteiger charge is 2.67. The Hall–Kier alpha value is -2.64. The molecule has 30 heavy (non-hydrogen) atoms. The molecule has 1 aromatic rings. The van der Waals surface area contributed by atoms with Crippen molar-refractivity contribution in [1.82, 2.24) is 4.90 Å². The quantitative estimate of drug-likeness (QED) is 0.558. The Bertz CT molecular complexity index is 919. The van der Waals surface area contributed by atoms with Gasteiger partial charge in [-0.2, -0.15) is 13.2 Å². The Morgan fingerprint density at radius 3 is 2.03 bits per heavy atom. The van der Waals surface area contributed by atoms with E-state index >= 15 is 0 Å². The first-order valence-electron chi connectivity index (χ1n) is 10.2. The molecule has 0 spiro atoms. The van der Waals surface area contributed by atoms with Crippen LogP contribution in [0.1, 0.15) is 18.9 Å². The molecule has 1 heterocycles. The molecule has 4 aliphatic carbocycles. The molecule has 0 radical (unpaired) electrons. The van der Waals surface area contributed by atoms with E-state index in [0.717, 1.165) is 16.9 Å². The fourth-order valence-electron chi connectivity index (χ4n) is 5.63. The first-order chi connectivity index (χ1) is 14.2. The van der Waals surface area contributed by atoms with Crippen LogP contribution in [0.4, 0.5) is 18.9 Å². The summed E-state index contributed by atoms with van der Waals surface area (Å²) in [6.45, 7) is 1.19. The van der Waals surface area contributed by atoms with Gasteiger partial charge in [0, 0.05) is 5.69 Å². The molecule has 5 aliphatic rings. The van der Waals surface area contributed by atoms with Gasteiger partial charge < -0.3 is 0 Å². The van der Waals surface area contributed by atoms with Crippen molar-refractivity contribution in [3.63, 3.8) is 0 Å². The van der Waals surface area contributed by atoms with E-state index in [4.69, 9.17) is 0 Å². The van der Waals surface area contributed by atoms with Gasteiger partial charge in [-0.3, -0.25) is 24.2 Å². The topological polar surface area (TPSA) is 57.7 Å². The van der Waals surface area contributed by atoms with Crippen molar-refractivity contribution in [2.75, 3.05) is 11.6 Å². The number of imide groups is 1. The van der Waals surface area contributed by atoms with Crippen LogP contribution in [0.2, 0.25) is 0 Å². The van der Waals surface area contributed by atoms with E-state index in [1.54, 1.807) is 12.1 Å². The molecule has 1 aliphatic heterocycles. The molecule has 3 fully saturated rings. The van der Waals surface area contributed by atoms with Crippen molar-refractivity contribution in [2.45, 2.75) is 25.9 Å². The monoisotopic (exact) mass is 418 g/mol. The van der Waals surface area contributed by atoms with E-state index in [1.807, 2.05) is 19.1 Å². The molecule has 6 rings (SSSR count). The fraction of sp³-hybridized carbons (Fsp3) is 0.500. The van der Waals surface area contributed by atoms with E-state index in [0.29, 0.717) is 23.2 Å². The van der Waals surface area contributed by atoms with E-state index in [2.05, 4.69) is 0 Å². The Labute approximate surface area is 171 Å². The second kappa shape index (κ2) is 6.43. The first kappa shape index (κ1) is 19.3. The van der Waals surface area contributed by atoms with Crippen LogP contribution in [0.3, 0.4) is 0 Å². The van der Waals surface area contributed by atoms with Crippen LogP contribution >= 0.6 is 0 Å². The Morgan fingerprint density at radius 2 is 1.57 bits per heavy atom. The van der Waals surface area contributed by atoms with Crippen LogP contribution in [0.5, 0.6) is 0 Å². The predicted octanol–water partition coefficient (Wildman–Crippen LogP) is 3.15. The number of amides is 3. The standard InChI is InChI=1S/C22H21F3N2O3/c1-2-11-3-5-12(6-4-11)26(21(30)22(23,24)25)10-27-19(28)17-13-7-8-14(16-9-15(13)16)18(17)20(27)29/h3-8,13-18H,2,9-10H2,1H3/t13-,14+,15-,16-,17+,18+/m1/s1. The molecule has 8 heteroatoms. The Balaban J connectivity index is 1.45. The van der Waals surface area contributed by atoms with Gasteiger partial charge in [0.1, 0.15) is 6.67 Å². The number of aryl methyl sites for hydroxylation is 1. The number of anilines is 1. The van der Waals surface area contributed by atoms with Gasteiger partial charge in [0.25, 0.3) is 0 Å². The summed E-state index contributed by atoms with van der Waals surface area (Å²) in [7, 11) is 0. The third-order valence-corrected chi connectivity index (χ3v) is 7.18. The maximum absolute atomic E-state index is 13.3. The van der Waals surface area contributed by atoms with Gasteiger partial charge >= 0.3 is 12.1 Å². The Morgan fingerprint density at radius 1 is 1.03 bits per heavy atom. The van der Waals surface area contributed by atoms with E-state index in [9.17, 15) is 27.6 Å².